The summed E-state index contributed by atoms with van der Waals surface area (Å²) in [5.74, 6) is -0.435. The van der Waals surface area contributed by atoms with E-state index < -0.39 is 0 Å². The molecule has 1 saturated carbocycles. The van der Waals surface area contributed by atoms with Gasteiger partial charge in [0.05, 0.1) is 19.1 Å². The van der Waals surface area contributed by atoms with Crippen LogP contribution in [0.2, 0.25) is 0 Å². The van der Waals surface area contributed by atoms with Crippen LogP contribution in [0.3, 0.4) is 0 Å². The zero-order chi connectivity index (χ0) is 22.3. The molecular formula is C24H34N4O4. The predicted molar refractivity (Wildman–Crippen MR) is 120 cm³/mol. The number of rotatable bonds is 8. The summed E-state index contributed by atoms with van der Waals surface area (Å²) < 4.78 is 5.35. The summed E-state index contributed by atoms with van der Waals surface area (Å²) >= 11 is 0. The van der Waals surface area contributed by atoms with Crippen molar-refractivity contribution in [1.82, 2.24) is 20.4 Å². The maximum atomic E-state index is 13.0. The Kier molecular flexibility index (Phi) is 7.76. The molecule has 1 aromatic carbocycles. The molecule has 3 aliphatic rings. The molecule has 0 bridgehead atoms. The van der Waals surface area contributed by atoms with Gasteiger partial charge in [-0.3, -0.25) is 19.4 Å². The van der Waals surface area contributed by atoms with Gasteiger partial charge in [-0.1, -0.05) is 30.3 Å². The number of nitrogens with one attached hydrogen (secondary N) is 2. The third-order valence-electron chi connectivity index (χ3n) is 6.88. The van der Waals surface area contributed by atoms with Crippen LogP contribution in [0.15, 0.2) is 30.3 Å². The fraction of sp³-hybridized carbons (Fsp3) is 0.625. The van der Waals surface area contributed by atoms with E-state index in [4.69, 9.17) is 4.74 Å². The van der Waals surface area contributed by atoms with Crippen LogP contribution in [-0.2, 0) is 20.7 Å². The van der Waals surface area contributed by atoms with E-state index in [1.165, 1.54) is 4.90 Å². The van der Waals surface area contributed by atoms with Crippen LogP contribution in [0.25, 0.3) is 0 Å². The highest BCUT2D eigenvalue weighted by Gasteiger charge is 2.45. The molecule has 2 saturated heterocycles. The van der Waals surface area contributed by atoms with Gasteiger partial charge in [0.1, 0.15) is 0 Å². The van der Waals surface area contributed by atoms with Crippen molar-refractivity contribution < 1.29 is 19.1 Å². The number of fused-ring (bicyclic) bond motifs is 1. The van der Waals surface area contributed by atoms with Crippen molar-refractivity contribution in [3.8, 4) is 0 Å². The SMILES string of the molecule is O=C(NCCCN1CCOCC1)C1CCC2C(=O)N(CCc3ccccc3)C(=O)NC2C1. The summed E-state index contributed by atoms with van der Waals surface area (Å²) in [6.07, 6.45) is 3.41. The Labute approximate surface area is 189 Å². The van der Waals surface area contributed by atoms with Crippen LogP contribution in [0.4, 0.5) is 4.79 Å². The second-order valence-corrected chi connectivity index (χ2v) is 9.00. The van der Waals surface area contributed by atoms with E-state index in [0.717, 1.165) is 44.8 Å². The monoisotopic (exact) mass is 442 g/mol. The van der Waals surface area contributed by atoms with E-state index in [2.05, 4.69) is 15.5 Å². The topological polar surface area (TPSA) is 91.0 Å². The molecule has 2 heterocycles. The van der Waals surface area contributed by atoms with Crippen molar-refractivity contribution in [3.63, 3.8) is 0 Å². The smallest absolute Gasteiger partial charge is 0.324 e. The summed E-state index contributed by atoms with van der Waals surface area (Å²) in [5.41, 5.74) is 1.10. The second kappa shape index (κ2) is 10.9. The van der Waals surface area contributed by atoms with Crippen LogP contribution < -0.4 is 10.6 Å². The molecule has 174 valence electrons. The van der Waals surface area contributed by atoms with Gasteiger partial charge < -0.3 is 15.4 Å². The Hall–Kier alpha value is -2.45. The summed E-state index contributed by atoms with van der Waals surface area (Å²) in [7, 11) is 0. The summed E-state index contributed by atoms with van der Waals surface area (Å²) in [6, 6.07) is 9.28. The average molecular weight is 443 g/mol. The van der Waals surface area contributed by atoms with Crippen molar-refractivity contribution in [1.29, 1.82) is 0 Å². The van der Waals surface area contributed by atoms with E-state index in [1.54, 1.807) is 0 Å². The highest BCUT2D eigenvalue weighted by Crippen LogP contribution is 2.33. The van der Waals surface area contributed by atoms with Gasteiger partial charge in [0.25, 0.3) is 0 Å². The van der Waals surface area contributed by atoms with Gasteiger partial charge in [-0.2, -0.15) is 0 Å². The molecule has 3 unspecified atom stereocenters. The third-order valence-corrected chi connectivity index (χ3v) is 6.88. The zero-order valence-corrected chi connectivity index (χ0v) is 18.6. The molecule has 1 aliphatic carbocycles. The third kappa shape index (κ3) is 5.66. The van der Waals surface area contributed by atoms with E-state index in [0.29, 0.717) is 38.8 Å². The number of hydrogen-bond acceptors (Lipinski definition) is 5. The molecule has 3 fully saturated rings. The van der Waals surface area contributed by atoms with Crippen LogP contribution in [0, 0.1) is 11.8 Å². The lowest BCUT2D eigenvalue weighted by Crippen LogP contribution is -2.62. The molecule has 8 nitrogen and oxygen atoms in total. The quantitative estimate of drug-likeness (QED) is 0.594. The Morgan fingerprint density at radius 2 is 1.88 bits per heavy atom. The summed E-state index contributed by atoms with van der Waals surface area (Å²) in [4.78, 5) is 41.9. The number of amides is 4. The molecule has 8 heteroatoms. The lowest BCUT2D eigenvalue weighted by Gasteiger charge is -2.42. The zero-order valence-electron chi connectivity index (χ0n) is 18.6. The lowest BCUT2D eigenvalue weighted by atomic mass is 9.76. The number of benzene rings is 1. The first-order chi connectivity index (χ1) is 15.6. The number of carbonyl (C=O) groups excluding carboxylic acids is 3. The van der Waals surface area contributed by atoms with Crippen LogP contribution in [0.1, 0.15) is 31.2 Å². The minimum Gasteiger partial charge on any atom is -0.379 e. The van der Waals surface area contributed by atoms with Gasteiger partial charge in [-0.15, -0.1) is 0 Å². The molecule has 2 aliphatic heterocycles. The van der Waals surface area contributed by atoms with E-state index in [-0.39, 0.29) is 35.7 Å². The van der Waals surface area contributed by atoms with Crippen molar-refractivity contribution in [2.24, 2.45) is 11.8 Å². The van der Waals surface area contributed by atoms with Crippen LogP contribution >= 0.6 is 0 Å². The number of urea groups is 1. The van der Waals surface area contributed by atoms with Gasteiger partial charge in [-0.05, 0) is 44.2 Å². The van der Waals surface area contributed by atoms with E-state index in [1.807, 2.05) is 30.3 Å². The predicted octanol–water partition coefficient (Wildman–Crippen LogP) is 1.40. The van der Waals surface area contributed by atoms with Gasteiger partial charge in [0.15, 0.2) is 0 Å². The number of carbonyl (C=O) groups is 3. The van der Waals surface area contributed by atoms with Gasteiger partial charge in [0.2, 0.25) is 11.8 Å². The largest absolute Gasteiger partial charge is 0.379 e. The van der Waals surface area contributed by atoms with Crippen LogP contribution in [-0.4, -0.2) is 79.6 Å². The summed E-state index contributed by atoms with van der Waals surface area (Å²) in [6.45, 7) is 5.47. The van der Waals surface area contributed by atoms with Gasteiger partial charge in [-0.25, -0.2) is 4.79 Å². The lowest BCUT2D eigenvalue weighted by molar-refractivity contribution is -0.139. The second-order valence-electron chi connectivity index (χ2n) is 9.00. The molecular weight excluding hydrogens is 408 g/mol. The van der Waals surface area contributed by atoms with Crippen molar-refractivity contribution >= 4 is 17.8 Å². The molecule has 4 rings (SSSR count). The standard InChI is InChI=1S/C24H34N4O4/c29-22(25-10-4-11-27-13-15-32-16-14-27)19-7-8-20-21(17-19)26-24(31)28(23(20)30)12-9-18-5-2-1-3-6-18/h1-3,5-6,19-21H,4,7-17H2,(H,25,29)(H,26,31). The first-order valence-electron chi connectivity index (χ1n) is 11.9. The number of imide groups is 1. The summed E-state index contributed by atoms with van der Waals surface area (Å²) in [5, 5.41) is 6.05. The normalized spacial score (nSPS) is 26.4. The molecule has 1 aromatic rings. The number of hydrogen-bond donors (Lipinski definition) is 2. The highest BCUT2D eigenvalue weighted by molar-refractivity contribution is 5.99. The maximum absolute atomic E-state index is 13.0. The fourth-order valence-electron chi connectivity index (χ4n) is 4.98. The first-order valence-corrected chi connectivity index (χ1v) is 11.9. The number of ether oxygens (including phenoxy) is 1. The maximum Gasteiger partial charge on any atom is 0.324 e. The first kappa shape index (κ1) is 22.7. The van der Waals surface area contributed by atoms with Crippen molar-refractivity contribution in [3.05, 3.63) is 35.9 Å². The van der Waals surface area contributed by atoms with Crippen molar-refractivity contribution in [2.45, 2.75) is 38.1 Å². The molecule has 0 radical (unpaired) electrons. The molecule has 32 heavy (non-hydrogen) atoms. The van der Waals surface area contributed by atoms with Crippen LogP contribution in [0.5, 0.6) is 0 Å². The van der Waals surface area contributed by atoms with Gasteiger partial charge in [0, 0.05) is 38.1 Å². The van der Waals surface area contributed by atoms with E-state index >= 15 is 0 Å². The molecule has 3 atom stereocenters. The molecule has 4 amide bonds. The molecule has 0 aromatic heterocycles. The molecule has 2 N–H and O–H groups in total. The number of nitrogens with zero attached hydrogens (tertiary/aromatic N) is 2. The Bertz CT molecular complexity index is 796. The Morgan fingerprint density at radius 1 is 1.09 bits per heavy atom. The number of morpholine rings is 1. The minimum absolute atomic E-state index is 0.0404. The minimum atomic E-state index is -0.334. The van der Waals surface area contributed by atoms with E-state index in [9.17, 15) is 14.4 Å². The van der Waals surface area contributed by atoms with Crippen molar-refractivity contribution in [2.75, 3.05) is 45.9 Å². The Morgan fingerprint density at radius 3 is 2.66 bits per heavy atom. The fourth-order valence-corrected chi connectivity index (χ4v) is 4.98. The Balaban J connectivity index is 1.21. The average Bonchev–Trinajstić information content (AvgIpc) is 2.82. The highest BCUT2D eigenvalue weighted by atomic mass is 16.5. The van der Waals surface area contributed by atoms with Gasteiger partial charge >= 0.3 is 6.03 Å². The molecule has 0 spiro atoms.